The Bertz CT molecular complexity index is 1010. The van der Waals surface area contributed by atoms with E-state index in [2.05, 4.69) is 15.0 Å². The Morgan fingerprint density at radius 2 is 1.93 bits per heavy atom. The molecule has 1 amide bonds. The van der Waals surface area contributed by atoms with Gasteiger partial charge in [-0.25, -0.2) is 13.1 Å². The summed E-state index contributed by atoms with van der Waals surface area (Å²) in [4.78, 5) is 16.4. The number of nitrogens with one attached hydrogen (secondary N) is 2. The lowest BCUT2D eigenvalue weighted by Crippen LogP contribution is -2.40. The van der Waals surface area contributed by atoms with Crippen molar-refractivity contribution in [1.29, 1.82) is 0 Å². The van der Waals surface area contributed by atoms with Crippen LogP contribution in [-0.2, 0) is 10.0 Å². The SMILES string of the molecule is CC(NS(=O)(=O)c1ccc(NC(=O)c2cc(Cl)ccn2)cc1)C1CC2CCC1C2. The quantitative estimate of drug-likeness (QED) is 0.718. The summed E-state index contributed by atoms with van der Waals surface area (Å²) in [6, 6.07) is 9.11. The Kier molecular flexibility index (Phi) is 5.64. The predicted molar refractivity (Wildman–Crippen MR) is 112 cm³/mol. The Balaban J connectivity index is 1.40. The number of pyridine rings is 1. The third-order valence-corrected chi connectivity index (χ3v) is 7.96. The van der Waals surface area contributed by atoms with Crippen LogP contribution in [0.3, 0.4) is 0 Å². The van der Waals surface area contributed by atoms with Crippen LogP contribution < -0.4 is 10.0 Å². The molecule has 8 heteroatoms. The normalized spacial score (nSPS) is 24.4. The molecule has 1 aromatic carbocycles. The molecule has 2 aliphatic carbocycles. The summed E-state index contributed by atoms with van der Waals surface area (Å²) in [5.41, 5.74) is 0.674. The van der Waals surface area contributed by atoms with E-state index < -0.39 is 15.9 Å². The number of hydrogen-bond acceptors (Lipinski definition) is 4. The third-order valence-electron chi connectivity index (χ3n) is 6.15. The van der Waals surface area contributed by atoms with Gasteiger partial charge in [-0.2, -0.15) is 0 Å². The average Bonchev–Trinajstić information content (AvgIpc) is 3.32. The third kappa shape index (κ3) is 4.47. The first-order valence-corrected chi connectivity index (χ1v) is 11.7. The summed E-state index contributed by atoms with van der Waals surface area (Å²) >= 11 is 5.88. The number of benzene rings is 1. The molecule has 2 bridgehead atoms. The van der Waals surface area contributed by atoms with Crippen molar-refractivity contribution in [3.05, 3.63) is 53.3 Å². The molecule has 2 aliphatic rings. The maximum atomic E-state index is 12.8. The summed E-state index contributed by atoms with van der Waals surface area (Å²) in [6.45, 7) is 1.97. The van der Waals surface area contributed by atoms with Crippen LogP contribution in [0.4, 0.5) is 5.69 Å². The van der Waals surface area contributed by atoms with Crippen LogP contribution in [0.5, 0.6) is 0 Å². The van der Waals surface area contributed by atoms with Crippen LogP contribution in [0.15, 0.2) is 47.5 Å². The molecule has 1 aromatic heterocycles. The van der Waals surface area contributed by atoms with Crippen molar-refractivity contribution in [2.24, 2.45) is 17.8 Å². The van der Waals surface area contributed by atoms with Crippen molar-refractivity contribution < 1.29 is 13.2 Å². The zero-order valence-corrected chi connectivity index (χ0v) is 17.7. The van der Waals surface area contributed by atoms with E-state index in [1.54, 1.807) is 18.2 Å². The standard InChI is InChI=1S/C21H24ClN3O3S/c1-13(19-11-14-2-3-15(19)10-14)25-29(27,28)18-6-4-17(5-7-18)24-21(26)20-12-16(22)8-9-23-20/h4-9,12-15,19,25H,2-3,10-11H2,1H3,(H,24,26). The highest BCUT2D eigenvalue weighted by molar-refractivity contribution is 7.89. The highest BCUT2D eigenvalue weighted by Crippen LogP contribution is 2.49. The number of nitrogens with zero attached hydrogens (tertiary/aromatic N) is 1. The molecule has 0 saturated heterocycles. The number of sulfonamides is 1. The van der Waals surface area contributed by atoms with Gasteiger partial charge < -0.3 is 5.32 Å². The van der Waals surface area contributed by atoms with Crippen LogP contribution in [0.1, 0.15) is 43.1 Å². The van der Waals surface area contributed by atoms with Gasteiger partial charge in [0, 0.05) is 22.9 Å². The van der Waals surface area contributed by atoms with E-state index in [4.69, 9.17) is 11.6 Å². The Morgan fingerprint density at radius 1 is 1.17 bits per heavy atom. The molecule has 4 atom stereocenters. The summed E-state index contributed by atoms with van der Waals surface area (Å²) in [6.07, 6.45) is 6.33. The number of aromatic nitrogens is 1. The van der Waals surface area contributed by atoms with E-state index in [1.807, 2.05) is 6.92 Å². The highest BCUT2D eigenvalue weighted by atomic mass is 35.5. The van der Waals surface area contributed by atoms with Crippen molar-refractivity contribution in [2.45, 2.75) is 43.5 Å². The lowest BCUT2D eigenvalue weighted by atomic mass is 9.84. The van der Waals surface area contributed by atoms with Crippen molar-refractivity contribution in [3.8, 4) is 0 Å². The number of carbonyl (C=O) groups is 1. The van der Waals surface area contributed by atoms with E-state index in [0.29, 0.717) is 22.5 Å². The zero-order chi connectivity index (χ0) is 20.6. The average molecular weight is 434 g/mol. The van der Waals surface area contributed by atoms with E-state index in [9.17, 15) is 13.2 Å². The number of hydrogen-bond donors (Lipinski definition) is 2. The molecule has 0 aliphatic heterocycles. The monoisotopic (exact) mass is 433 g/mol. The fraction of sp³-hybridized carbons (Fsp3) is 0.429. The number of carbonyl (C=O) groups excluding carboxylic acids is 1. The molecule has 4 unspecified atom stereocenters. The van der Waals surface area contributed by atoms with Gasteiger partial charge in [0.25, 0.3) is 5.91 Å². The van der Waals surface area contributed by atoms with Gasteiger partial charge in [0.05, 0.1) is 4.90 Å². The fourth-order valence-electron chi connectivity index (χ4n) is 4.75. The Hall–Kier alpha value is -1.96. The maximum Gasteiger partial charge on any atom is 0.274 e. The molecule has 6 nitrogen and oxygen atoms in total. The number of anilines is 1. The van der Waals surface area contributed by atoms with Crippen molar-refractivity contribution in [3.63, 3.8) is 0 Å². The van der Waals surface area contributed by atoms with Gasteiger partial charge in [0.2, 0.25) is 10.0 Å². The molecule has 154 valence electrons. The molecule has 2 N–H and O–H groups in total. The fourth-order valence-corrected chi connectivity index (χ4v) is 6.20. The first-order valence-electron chi connectivity index (χ1n) is 9.87. The van der Waals surface area contributed by atoms with Crippen LogP contribution >= 0.6 is 11.6 Å². The van der Waals surface area contributed by atoms with E-state index >= 15 is 0 Å². The van der Waals surface area contributed by atoms with Gasteiger partial charge >= 0.3 is 0 Å². The predicted octanol–water partition coefficient (Wildman–Crippen LogP) is 4.09. The summed E-state index contributed by atoms with van der Waals surface area (Å²) in [5.74, 6) is 1.43. The second kappa shape index (κ2) is 8.05. The Labute approximate surface area is 176 Å². The van der Waals surface area contributed by atoms with E-state index in [0.717, 1.165) is 12.3 Å². The minimum atomic E-state index is -3.61. The van der Waals surface area contributed by atoms with Crippen LogP contribution in [0, 0.1) is 17.8 Å². The van der Waals surface area contributed by atoms with Gasteiger partial charge in [0.1, 0.15) is 5.69 Å². The van der Waals surface area contributed by atoms with Crippen LogP contribution in [0.25, 0.3) is 0 Å². The largest absolute Gasteiger partial charge is 0.321 e. The van der Waals surface area contributed by atoms with Crippen LogP contribution in [-0.4, -0.2) is 25.4 Å². The highest BCUT2D eigenvalue weighted by Gasteiger charge is 2.42. The van der Waals surface area contributed by atoms with Gasteiger partial charge in [-0.05, 0) is 80.3 Å². The number of amides is 1. The molecule has 2 saturated carbocycles. The molecular weight excluding hydrogens is 410 g/mol. The second-order valence-electron chi connectivity index (χ2n) is 8.09. The van der Waals surface area contributed by atoms with Crippen molar-refractivity contribution in [2.75, 3.05) is 5.32 Å². The number of fused-ring (bicyclic) bond motifs is 2. The Morgan fingerprint density at radius 3 is 2.55 bits per heavy atom. The summed E-state index contributed by atoms with van der Waals surface area (Å²) in [5, 5.41) is 3.11. The molecular formula is C21H24ClN3O3S. The van der Waals surface area contributed by atoms with Gasteiger partial charge in [-0.3, -0.25) is 9.78 Å². The maximum absolute atomic E-state index is 12.8. The minimum absolute atomic E-state index is 0.0800. The molecule has 2 aromatic rings. The first-order chi connectivity index (χ1) is 13.8. The van der Waals surface area contributed by atoms with Crippen molar-refractivity contribution in [1.82, 2.24) is 9.71 Å². The molecule has 1 heterocycles. The number of rotatable bonds is 6. The molecule has 4 rings (SSSR count). The lowest BCUT2D eigenvalue weighted by Gasteiger charge is -2.28. The molecule has 0 spiro atoms. The molecule has 29 heavy (non-hydrogen) atoms. The first kappa shape index (κ1) is 20.3. The summed E-state index contributed by atoms with van der Waals surface area (Å²) < 4.78 is 28.4. The summed E-state index contributed by atoms with van der Waals surface area (Å²) in [7, 11) is -3.61. The zero-order valence-electron chi connectivity index (χ0n) is 16.1. The van der Waals surface area contributed by atoms with Crippen LogP contribution in [0.2, 0.25) is 5.02 Å². The second-order valence-corrected chi connectivity index (χ2v) is 10.2. The van der Waals surface area contributed by atoms with E-state index in [-0.39, 0.29) is 16.6 Å². The van der Waals surface area contributed by atoms with E-state index in [1.165, 1.54) is 43.7 Å². The topological polar surface area (TPSA) is 88.2 Å². The van der Waals surface area contributed by atoms with Gasteiger partial charge in [-0.1, -0.05) is 18.0 Å². The molecule has 0 radical (unpaired) electrons. The van der Waals surface area contributed by atoms with Crippen molar-refractivity contribution >= 4 is 33.2 Å². The smallest absolute Gasteiger partial charge is 0.274 e. The number of halogens is 1. The molecule has 2 fully saturated rings. The van der Waals surface area contributed by atoms with Gasteiger partial charge in [0.15, 0.2) is 0 Å². The lowest BCUT2D eigenvalue weighted by molar-refractivity contribution is 0.102. The van der Waals surface area contributed by atoms with Gasteiger partial charge in [-0.15, -0.1) is 0 Å². The minimum Gasteiger partial charge on any atom is -0.321 e.